The molecule has 17 heavy (non-hydrogen) atoms. The molecule has 2 N–H and O–H groups in total. The second-order valence-electron chi connectivity index (χ2n) is 3.31. The minimum atomic E-state index is -4.27. The maximum Gasteiger partial charge on any atom is 0.411 e. The lowest BCUT2D eigenvalue weighted by Crippen LogP contribution is -2.20. The van der Waals surface area contributed by atoms with E-state index in [4.69, 9.17) is 0 Å². The van der Waals surface area contributed by atoms with Crippen LogP contribution in [0.2, 0.25) is 0 Å². The Kier molecular flexibility index (Phi) is 5.02. The van der Waals surface area contributed by atoms with Crippen LogP contribution in [0.1, 0.15) is 0 Å². The minimum Gasteiger partial charge on any atom is -0.387 e. The van der Waals surface area contributed by atoms with E-state index < -0.39 is 12.8 Å². The van der Waals surface area contributed by atoms with E-state index in [9.17, 15) is 13.2 Å². The van der Waals surface area contributed by atoms with Crippen LogP contribution < -0.4 is 10.6 Å². The number of halogens is 3. The Balaban J connectivity index is 2.22. The van der Waals surface area contributed by atoms with Gasteiger partial charge < -0.3 is 15.4 Å². The Morgan fingerprint density at radius 3 is 2.65 bits per heavy atom. The molecule has 4 nitrogen and oxygen atoms in total. The summed E-state index contributed by atoms with van der Waals surface area (Å²) in [5.74, 6) is 0. The van der Waals surface area contributed by atoms with Crippen LogP contribution >= 0.6 is 0 Å². The quantitative estimate of drug-likeness (QED) is 0.758. The summed E-state index contributed by atoms with van der Waals surface area (Å²) in [6.45, 7) is -0.933. The lowest BCUT2D eigenvalue weighted by atomic mass is 10.3. The highest BCUT2D eigenvalue weighted by molar-refractivity contribution is 5.53. The summed E-state index contributed by atoms with van der Waals surface area (Å²) in [5, 5.41) is 5.82. The van der Waals surface area contributed by atoms with E-state index in [-0.39, 0.29) is 6.61 Å². The van der Waals surface area contributed by atoms with Crippen molar-refractivity contribution in [1.29, 1.82) is 0 Å². The molecule has 0 bridgehead atoms. The van der Waals surface area contributed by atoms with Gasteiger partial charge in [0.25, 0.3) is 0 Å². The molecule has 0 aliphatic carbocycles. The van der Waals surface area contributed by atoms with Gasteiger partial charge in [0, 0.05) is 13.6 Å². The van der Waals surface area contributed by atoms with Crippen molar-refractivity contribution < 1.29 is 17.9 Å². The van der Waals surface area contributed by atoms with E-state index in [1.165, 1.54) is 0 Å². The Morgan fingerprint density at radius 2 is 2.00 bits per heavy atom. The Bertz CT molecular complexity index is 344. The summed E-state index contributed by atoms with van der Waals surface area (Å²) in [6.07, 6.45) is -1.04. The lowest BCUT2D eigenvalue weighted by Gasteiger charge is -2.09. The van der Waals surface area contributed by atoms with Crippen LogP contribution in [-0.4, -0.2) is 38.0 Å². The SMILES string of the molecule is CNc1cncc(NCCOCC(F)(F)F)c1. The number of rotatable bonds is 6. The molecule has 1 rings (SSSR count). The third-order valence-electron chi connectivity index (χ3n) is 1.87. The zero-order valence-corrected chi connectivity index (χ0v) is 9.34. The fourth-order valence-electron chi connectivity index (χ4n) is 1.13. The van der Waals surface area contributed by atoms with E-state index in [0.717, 1.165) is 11.4 Å². The van der Waals surface area contributed by atoms with E-state index in [0.29, 0.717) is 6.54 Å². The van der Waals surface area contributed by atoms with Crippen LogP contribution in [0.25, 0.3) is 0 Å². The van der Waals surface area contributed by atoms with Gasteiger partial charge in [-0.1, -0.05) is 0 Å². The maximum atomic E-state index is 11.7. The highest BCUT2D eigenvalue weighted by Gasteiger charge is 2.27. The minimum absolute atomic E-state index is 0.0106. The van der Waals surface area contributed by atoms with Gasteiger partial charge in [-0.3, -0.25) is 4.98 Å². The smallest absolute Gasteiger partial charge is 0.387 e. The zero-order valence-electron chi connectivity index (χ0n) is 9.34. The fraction of sp³-hybridized carbons (Fsp3) is 0.500. The molecule has 0 spiro atoms. The summed E-state index contributed by atoms with van der Waals surface area (Å²) in [5.41, 5.74) is 1.55. The molecule has 0 aromatic carbocycles. The van der Waals surface area contributed by atoms with Gasteiger partial charge in [-0.15, -0.1) is 0 Å². The third-order valence-corrected chi connectivity index (χ3v) is 1.87. The number of ether oxygens (including phenoxy) is 1. The molecule has 1 aromatic heterocycles. The molecule has 1 heterocycles. The zero-order chi connectivity index (χ0) is 12.7. The number of aromatic nitrogens is 1. The van der Waals surface area contributed by atoms with Crippen LogP contribution in [-0.2, 0) is 4.74 Å². The van der Waals surface area contributed by atoms with Crippen LogP contribution in [0.15, 0.2) is 18.5 Å². The summed E-state index contributed by atoms with van der Waals surface area (Å²) >= 11 is 0. The summed E-state index contributed by atoms with van der Waals surface area (Å²) < 4.78 is 39.7. The van der Waals surface area contributed by atoms with Crippen molar-refractivity contribution >= 4 is 11.4 Å². The van der Waals surface area contributed by atoms with Crippen molar-refractivity contribution in [3.05, 3.63) is 18.5 Å². The first-order valence-corrected chi connectivity index (χ1v) is 5.02. The molecule has 0 radical (unpaired) electrons. The van der Waals surface area contributed by atoms with Gasteiger partial charge in [0.1, 0.15) is 6.61 Å². The molecule has 7 heteroatoms. The standard InChI is InChI=1S/C10H14F3N3O/c1-14-8-4-9(6-15-5-8)16-2-3-17-7-10(11,12)13/h4-6,14,16H,2-3,7H2,1H3. The number of anilines is 2. The van der Waals surface area contributed by atoms with Gasteiger partial charge in [0.15, 0.2) is 0 Å². The Morgan fingerprint density at radius 1 is 1.29 bits per heavy atom. The molecule has 0 fully saturated rings. The van der Waals surface area contributed by atoms with Crippen LogP contribution in [0.4, 0.5) is 24.5 Å². The number of hydrogen-bond donors (Lipinski definition) is 2. The van der Waals surface area contributed by atoms with Crippen LogP contribution in [0.5, 0.6) is 0 Å². The second kappa shape index (κ2) is 6.29. The van der Waals surface area contributed by atoms with Crippen molar-refractivity contribution in [2.24, 2.45) is 0 Å². The highest BCUT2D eigenvalue weighted by atomic mass is 19.4. The van der Waals surface area contributed by atoms with Gasteiger partial charge in [-0.05, 0) is 6.07 Å². The fourth-order valence-corrected chi connectivity index (χ4v) is 1.13. The van der Waals surface area contributed by atoms with Crippen molar-refractivity contribution in [2.75, 3.05) is 37.4 Å². The third kappa shape index (κ3) is 5.96. The monoisotopic (exact) mass is 249 g/mol. The topological polar surface area (TPSA) is 46.2 Å². The van der Waals surface area contributed by atoms with Gasteiger partial charge >= 0.3 is 6.18 Å². The van der Waals surface area contributed by atoms with Crippen LogP contribution in [0.3, 0.4) is 0 Å². The van der Waals surface area contributed by atoms with Gasteiger partial charge in [-0.2, -0.15) is 13.2 Å². The first-order chi connectivity index (χ1) is 8.01. The van der Waals surface area contributed by atoms with Gasteiger partial charge in [0.05, 0.1) is 30.4 Å². The molecule has 0 amide bonds. The number of nitrogens with one attached hydrogen (secondary N) is 2. The number of pyridine rings is 1. The number of nitrogens with zero attached hydrogens (tertiary/aromatic N) is 1. The Labute approximate surface area is 97.2 Å². The molecule has 1 aromatic rings. The molecular formula is C10H14F3N3O. The Hall–Kier alpha value is -1.50. The first kappa shape index (κ1) is 13.6. The van der Waals surface area contributed by atoms with Crippen molar-refractivity contribution in [1.82, 2.24) is 4.98 Å². The van der Waals surface area contributed by atoms with Gasteiger partial charge in [0.2, 0.25) is 0 Å². The molecule has 96 valence electrons. The molecule has 0 aliphatic rings. The summed E-state index contributed by atoms with van der Waals surface area (Å²) in [7, 11) is 1.76. The summed E-state index contributed by atoms with van der Waals surface area (Å²) in [6, 6.07) is 1.80. The maximum absolute atomic E-state index is 11.7. The van der Waals surface area contributed by atoms with Crippen LogP contribution in [0, 0.1) is 0 Å². The van der Waals surface area contributed by atoms with Crippen molar-refractivity contribution in [2.45, 2.75) is 6.18 Å². The van der Waals surface area contributed by atoms with E-state index in [1.807, 2.05) is 0 Å². The second-order valence-corrected chi connectivity index (χ2v) is 3.31. The molecule has 0 saturated heterocycles. The largest absolute Gasteiger partial charge is 0.411 e. The lowest BCUT2D eigenvalue weighted by molar-refractivity contribution is -0.172. The predicted octanol–water partition coefficient (Wildman–Crippen LogP) is 2.11. The average molecular weight is 249 g/mol. The molecule has 0 aliphatic heterocycles. The summed E-state index contributed by atoms with van der Waals surface area (Å²) in [4.78, 5) is 3.95. The first-order valence-electron chi connectivity index (χ1n) is 5.02. The number of hydrogen-bond acceptors (Lipinski definition) is 4. The molecular weight excluding hydrogens is 235 g/mol. The normalized spacial score (nSPS) is 11.3. The van der Waals surface area contributed by atoms with E-state index in [1.54, 1.807) is 25.5 Å². The number of alkyl halides is 3. The van der Waals surface area contributed by atoms with Crippen molar-refractivity contribution in [3.8, 4) is 0 Å². The van der Waals surface area contributed by atoms with Gasteiger partial charge in [-0.25, -0.2) is 0 Å². The predicted molar refractivity (Wildman–Crippen MR) is 59.1 cm³/mol. The average Bonchev–Trinajstić information content (AvgIpc) is 2.27. The van der Waals surface area contributed by atoms with E-state index in [2.05, 4.69) is 20.4 Å². The molecule has 0 unspecified atom stereocenters. The van der Waals surface area contributed by atoms with Crippen molar-refractivity contribution in [3.63, 3.8) is 0 Å². The van der Waals surface area contributed by atoms with E-state index >= 15 is 0 Å². The highest BCUT2D eigenvalue weighted by Crippen LogP contribution is 2.14. The molecule has 0 atom stereocenters. The molecule has 0 saturated carbocycles.